The second kappa shape index (κ2) is 4.74. The van der Waals surface area contributed by atoms with E-state index in [2.05, 4.69) is 0 Å². The van der Waals surface area contributed by atoms with E-state index in [0.717, 1.165) is 5.56 Å². The third-order valence-electron chi connectivity index (χ3n) is 2.39. The second-order valence-electron chi connectivity index (χ2n) is 3.71. The summed E-state index contributed by atoms with van der Waals surface area (Å²) in [6.07, 6.45) is 0. The zero-order chi connectivity index (χ0) is 12.3. The van der Waals surface area contributed by atoms with E-state index in [0.29, 0.717) is 11.1 Å². The van der Waals surface area contributed by atoms with Crippen molar-refractivity contribution in [2.24, 2.45) is 0 Å². The minimum absolute atomic E-state index is 0.337. The molecule has 0 saturated carbocycles. The van der Waals surface area contributed by atoms with E-state index < -0.39 is 7.60 Å². The van der Waals surface area contributed by atoms with Gasteiger partial charge in [-0.3, -0.25) is 0 Å². The number of aryl methyl sites for hydroxylation is 1. The standard InChI is InChI=1S/C13H13O3P/c1-11-7-5-6-10-13(11)17(14,15)16-12-8-3-2-4-9-12/h2-10H,1H3,(H,14,15). The average Bonchev–Trinajstić information content (AvgIpc) is 2.30. The van der Waals surface area contributed by atoms with Gasteiger partial charge in [0, 0.05) is 0 Å². The first-order valence-corrected chi connectivity index (χ1v) is 6.81. The molecule has 2 rings (SSSR count). The lowest BCUT2D eigenvalue weighted by molar-refractivity contribution is 0.393. The summed E-state index contributed by atoms with van der Waals surface area (Å²) in [5.41, 5.74) is 0.745. The van der Waals surface area contributed by atoms with Gasteiger partial charge in [-0.1, -0.05) is 36.4 Å². The molecule has 1 N–H and O–H groups in total. The molecular weight excluding hydrogens is 235 g/mol. The van der Waals surface area contributed by atoms with Gasteiger partial charge in [-0.05, 0) is 30.7 Å². The summed E-state index contributed by atoms with van der Waals surface area (Å²) in [5, 5.41) is 0.337. The van der Waals surface area contributed by atoms with Crippen molar-refractivity contribution < 1.29 is 14.0 Å². The first-order valence-electron chi connectivity index (χ1n) is 5.23. The molecule has 2 aromatic carbocycles. The van der Waals surface area contributed by atoms with Crippen molar-refractivity contribution >= 4 is 12.9 Å². The Balaban J connectivity index is 2.32. The summed E-state index contributed by atoms with van der Waals surface area (Å²) in [7, 11) is -3.80. The Bertz CT molecular complexity index is 552. The van der Waals surface area contributed by atoms with Gasteiger partial charge in [0.15, 0.2) is 0 Å². The fourth-order valence-corrected chi connectivity index (χ4v) is 2.85. The molecule has 3 nitrogen and oxygen atoms in total. The van der Waals surface area contributed by atoms with Crippen LogP contribution in [0.15, 0.2) is 54.6 Å². The Morgan fingerprint density at radius 2 is 1.59 bits per heavy atom. The molecule has 0 spiro atoms. The van der Waals surface area contributed by atoms with E-state index in [-0.39, 0.29) is 0 Å². The summed E-state index contributed by atoms with van der Waals surface area (Å²) in [5.74, 6) is 0.390. The molecule has 0 amide bonds. The average molecular weight is 248 g/mol. The summed E-state index contributed by atoms with van der Waals surface area (Å²) in [6.45, 7) is 1.78. The van der Waals surface area contributed by atoms with Gasteiger partial charge in [-0.25, -0.2) is 4.57 Å². The molecule has 1 atom stereocenters. The maximum atomic E-state index is 12.1. The van der Waals surface area contributed by atoms with E-state index in [4.69, 9.17) is 4.52 Å². The Morgan fingerprint density at radius 1 is 1.00 bits per heavy atom. The molecule has 0 aliphatic rings. The van der Waals surface area contributed by atoms with Gasteiger partial charge in [0.1, 0.15) is 5.75 Å². The lowest BCUT2D eigenvalue weighted by Gasteiger charge is -2.15. The third-order valence-corrected chi connectivity index (χ3v) is 3.96. The Morgan fingerprint density at radius 3 is 2.24 bits per heavy atom. The van der Waals surface area contributed by atoms with E-state index in [9.17, 15) is 9.46 Å². The summed E-state index contributed by atoms with van der Waals surface area (Å²) >= 11 is 0. The van der Waals surface area contributed by atoms with Crippen molar-refractivity contribution in [2.45, 2.75) is 6.92 Å². The monoisotopic (exact) mass is 248 g/mol. The molecule has 0 aliphatic carbocycles. The van der Waals surface area contributed by atoms with Crippen LogP contribution in [0.25, 0.3) is 0 Å². The number of rotatable bonds is 3. The second-order valence-corrected chi connectivity index (χ2v) is 5.42. The number of hydrogen-bond acceptors (Lipinski definition) is 2. The van der Waals surface area contributed by atoms with Crippen molar-refractivity contribution in [3.8, 4) is 5.75 Å². The van der Waals surface area contributed by atoms with E-state index >= 15 is 0 Å². The molecule has 2 aromatic rings. The highest BCUT2D eigenvalue weighted by Gasteiger charge is 2.25. The van der Waals surface area contributed by atoms with Crippen LogP contribution in [0.2, 0.25) is 0 Å². The van der Waals surface area contributed by atoms with E-state index in [1.165, 1.54) is 0 Å². The Labute approximate surface area is 100 Å². The van der Waals surface area contributed by atoms with Crippen LogP contribution in [0.5, 0.6) is 5.75 Å². The van der Waals surface area contributed by atoms with Crippen LogP contribution >= 0.6 is 7.60 Å². The van der Waals surface area contributed by atoms with Gasteiger partial charge < -0.3 is 9.42 Å². The lowest BCUT2D eigenvalue weighted by atomic mass is 10.2. The predicted molar refractivity (Wildman–Crippen MR) is 67.7 cm³/mol. The van der Waals surface area contributed by atoms with E-state index in [1.54, 1.807) is 49.4 Å². The molecule has 0 heterocycles. The van der Waals surface area contributed by atoms with Gasteiger partial charge in [-0.15, -0.1) is 0 Å². The van der Waals surface area contributed by atoms with Crippen LogP contribution in [0.1, 0.15) is 5.56 Å². The van der Waals surface area contributed by atoms with Crippen molar-refractivity contribution in [1.29, 1.82) is 0 Å². The highest BCUT2D eigenvalue weighted by molar-refractivity contribution is 7.61. The molecule has 17 heavy (non-hydrogen) atoms. The lowest BCUT2D eigenvalue weighted by Crippen LogP contribution is -2.12. The fraction of sp³-hybridized carbons (Fsp3) is 0.0769. The smallest absolute Gasteiger partial charge is 0.408 e. The summed E-state index contributed by atoms with van der Waals surface area (Å²) in [6, 6.07) is 15.6. The van der Waals surface area contributed by atoms with Gasteiger partial charge >= 0.3 is 7.60 Å². The van der Waals surface area contributed by atoms with E-state index in [1.807, 2.05) is 12.1 Å². The Hall–Kier alpha value is -1.57. The molecule has 0 radical (unpaired) electrons. The summed E-state index contributed by atoms with van der Waals surface area (Å²) < 4.78 is 17.3. The normalized spacial score (nSPS) is 14.0. The quantitative estimate of drug-likeness (QED) is 0.849. The molecule has 0 bridgehead atoms. The first-order chi connectivity index (χ1) is 8.09. The van der Waals surface area contributed by atoms with Gasteiger partial charge in [0.25, 0.3) is 0 Å². The van der Waals surface area contributed by atoms with Crippen molar-refractivity contribution in [1.82, 2.24) is 0 Å². The predicted octanol–water partition coefficient (Wildman–Crippen LogP) is 2.88. The van der Waals surface area contributed by atoms with Crippen molar-refractivity contribution in [2.75, 3.05) is 0 Å². The number of benzene rings is 2. The van der Waals surface area contributed by atoms with Gasteiger partial charge in [-0.2, -0.15) is 0 Å². The molecule has 0 saturated heterocycles. The number of para-hydroxylation sites is 1. The van der Waals surface area contributed by atoms with Crippen LogP contribution in [0, 0.1) is 6.92 Å². The molecule has 0 aliphatic heterocycles. The van der Waals surface area contributed by atoms with Crippen LogP contribution in [-0.4, -0.2) is 4.89 Å². The topological polar surface area (TPSA) is 46.5 Å². The summed E-state index contributed by atoms with van der Waals surface area (Å²) in [4.78, 5) is 9.95. The zero-order valence-electron chi connectivity index (χ0n) is 9.41. The number of hydrogen-bond donors (Lipinski definition) is 1. The van der Waals surface area contributed by atoms with Gasteiger partial charge in [0.05, 0.1) is 5.30 Å². The maximum absolute atomic E-state index is 12.1. The molecule has 4 heteroatoms. The van der Waals surface area contributed by atoms with Crippen molar-refractivity contribution in [3.63, 3.8) is 0 Å². The van der Waals surface area contributed by atoms with Gasteiger partial charge in [0.2, 0.25) is 0 Å². The van der Waals surface area contributed by atoms with Crippen molar-refractivity contribution in [3.05, 3.63) is 60.2 Å². The molecule has 0 fully saturated rings. The minimum atomic E-state index is -3.80. The van der Waals surface area contributed by atoms with Crippen LogP contribution in [0.4, 0.5) is 0 Å². The first kappa shape index (κ1) is 11.9. The minimum Gasteiger partial charge on any atom is -0.421 e. The molecular formula is C13H13O3P. The highest BCUT2D eigenvalue weighted by Crippen LogP contribution is 2.42. The SMILES string of the molecule is Cc1ccccc1P(=O)(O)Oc1ccccc1. The van der Waals surface area contributed by atoms with Crippen LogP contribution in [-0.2, 0) is 4.57 Å². The maximum Gasteiger partial charge on any atom is 0.408 e. The molecule has 88 valence electrons. The Kier molecular flexibility index (Phi) is 3.32. The zero-order valence-corrected chi connectivity index (χ0v) is 10.3. The molecule has 1 unspecified atom stereocenters. The fourth-order valence-electron chi connectivity index (χ4n) is 1.55. The molecule has 0 aromatic heterocycles. The highest BCUT2D eigenvalue weighted by atomic mass is 31.2. The third kappa shape index (κ3) is 2.76. The van der Waals surface area contributed by atoms with Crippen LogP contribution < -0.4 is 9.83 Å². The van der Waals surface area contributed by atoms with Crippen LogP contribution in [0.3, 0.4) is 0 Å². The largest absolute Gasteiger partial charge is 0.421 e.